The maximum Gasteiger partial charge on any atom is 0.103 e. The van der Waals surface area contributed by atoms with Crippen LogP contribution < -0.4 is 5.32 Å². The van der Waals surface area contributed by atoms with E-state index in [-0.39, 0.29) is 6.04 Å². The molecule has 24 heavy (non-hydrogen) atoms. The van der Waals surface area contributed by atoms with Gasteiger partial charge in [-0.05, 0) is 37.1 Å². The number of anilines is 1. The molecule has 0 saturated heterocycles. The van der Waals surface area contributed by atoms with E-state index in [2.05, 4.69) is 43.4 Å². The summed E-state index contributed by atoms with van der Waals surface area (Å²) in [4.78, 5) is 0. The van der Waals surface area contributed by atoms with E-state index < -0.39 is 6.10 Å². The van der Waals surface area contributed by atoms with Crippen molar-refractivity contribution >= 4 is 5.69 Å². The first-order valence-corrected chi connectivity index (χ1v) is 8.26. The van der Waals surface area contributed by atoms with Gasteiger partial charge in [0.05, 0.1) is 6.04 Å². The minimum atomic E-state index is -0.631. The smallest absolute Gasteiger partial charge is 0.103 e. The fourth-order valence-corrected chi connectivity index (χ4v) is 2.79. The minimum Gasteiger partial charge on any atom is -0.386 e. The molecule has 0 aliphatic heterocycles. The molecule has 0 aliphatic rings. The predicted molar refractivity (Wildman–Crippen MR) is 100 cm³/mol. The summed E-state index contributed by atoms with van der Waals surface area (Å²) < 4.78 is 0. The Morgan fingerprint density at radius 1 is 0.667 bits per heavy atom. The van der Waals surface area contributed by atoms with Crippen molar-refractivity contribution in [3.8, 4) is 0 Å². The van der Waals surface area contributed by atoms with Crippen LogP contribution in [0.3, 0.4) is 0 Å². The molecular formula is C22H23NO. The van der Waals surface area contributed by atoms with Gasteiger partial charge in [0.1, 0.15) is 6.10 Å². The van der Waals surface area contributed by atoms with Crippen LogP contribution in [-0.4, -0.2) is 5.11 Å². The summed E-state index contributed by atoms with van der Waals surface area (Å²) >= 11 is 0. The molecule has 0 bridgehead atoms. The number of aliphatic hydroxyl groups is 1. The Bertz CT molecular complexity index is 763. The Morgan fingerprint density at radius 2 is 1.17 bits per heavy atom. The second kappa shape index (κ2) is 7.33. The maximum absolute atomic E-state index is 11.0. The van der Waals surface area contributed by atoms with Crippen molar-refractivity contribution < 1.29 is 5.11 Å². The van der Waals surface area contributed by atoms with E-state index in [1.807, 2.05) is 54.6 Å². The van der Waals surface area contributed by atoms with Gasteiger partial charge in [-0.1, -0.05) is 77.9 Å². The summed E-state index contributed by atoms with van der Waals surface area (Å²) in [7, 11) is 0. The molecule has 3 aromatic carbocycles. The predicted octanol–water partition coefficient (Wildman–Crippen LogP) is 5.19. The Hall–Kier alpha value is -2.58. The zero-order valence-corrected chi connectivity index (χ0v) is 14.1. The second-order valence-corrected chi connectivity index (χ2v) is 6.25. The molecule has 2 atom stereocenters. The lowest BCUT2D eigenvalue weighted by Crippen LogP contribution is -2.19. The average Bonchev–Trinajstić information content (AvgIpc) is 2.62. The molecule has 3 aromatic rings. The van der Waals surface area contributed by atoms with Gasteiger partial charge in [0.15, 0.2) is 0 Å². The van der Waals surface area contributed by atoms with Gasteiger partial charge in [-0.2, -0.15) is 0 Å². The quantitative estimate of drug-likeness (QED) is 0.678. The van der Waals surface area contributed by atoms with Crippen LogP contribution >= 0.6 is 0 Å². The monoisotopic (exact) mass is 317 g/mol. The van der Waals surface area contributed by atoms with Gasteiger partial charge in [0.25, 0.3) is 0 Å². The summed E-state index contributed by atoms with van der Waals surface area (Å²) in [6, 6.07) is 26.2. The SMILES string of the molecule is Cc1ccc(C(Nc2ccccc2)[C@@H](O)c2ccc(C)cc2)cc1. The summed E-state index contributed by atoms with van der Waals surface area (Å²) in [6.45, 7) is 4.12. The highest BCUT2D eigenvalue weighted by molar-refractivity contribution is 5.46. The average molecular weight is 317 g/mol. The van der Waals surface area contributed by atoms with Crippen molar-refractivity contribution in [2.45, 2.75) is 26.0 Å². The van der Waals surface area contributed by atoms with Crippen LogP contribution in [0.25, 0.3) is 0 Å². The number of aryl methyl sites for hydroxylation is 2. The first-order valence-electron chi connectivity index (χ1n) is 8.26. The molecule has 1 unspecified atom stereocenters. The molecule has 3 rings (SSSR count). The van der Waals surface area contributed by atoms with E-state index in [9.17, 15) is 5.11 Å². The van der Waals surface area contributed by atoms with Crippen LogP contribution in [0.5, 0.6) is 0 Å². The van der Waals surface area contributed by atoms with Crippen LogP contribution in [0.1, 0.15) is 34.4 Å². The molecule has 2 heteroatoms. The molecule has 0 heterocycles. The Kier molecular flexibility index (Phi) is 4.97. The van der Waals surface area contributed by atoms with Crippen LogP contribution in [-0.2, 0) is 0 Å². The van der Waals surface area contributed by atoms with Crippen molar-refractivity contribution in [2.75, 3.05) is 5.32 Å². The number of para-hydroxylation sites is 1. The molecule has 0 amide bonds. The normalized spacial score (nSPS) is 13.3. The minimum absolute atomic E-state index is 0.212. The first kappa shape index (κ1) is 16.3. The van der Waals surface area contributed by atoms with Crippen LogP contribution in [0, 0.1) is 13.8 Å². The van der Waals surface area contributed by atoms with Gasteiger partial charge < -0.3 is 10.4 Å². The van der Waals surface area contributed by atoms with Crippen molar-refractivity contribution in [2.24, 2.45) is 0 Å². The first-order chi connectivity index (χ1) is 11.6. The number of hydrogen-bond donors (Lipinski definition) is 2. The van der Waals surface area contributed by atoms with E-state index in [0.29, 0.717) is 0 Å². The van der Waals surface area contributed by atoms with Crippen molar-refractivity contribution in [3.63, 3.8) is 0 Å². The molecule has 0 aliphatic carbocycles. The number of hydrogen-bond acceptors (Lipinski definition) is 2. The summed E-state index contributed by atoms with van der Waals surface area (Å²) in [5, 5.41) is 14.5. The number of rotatable bonds is 5. The number of nitrogens with one attached hydrogen (secondary N) is 1. The standard InChI is InChI=1S/C22H23NO/c1-16-8-12-18(13-9-16)21(23-20-6-4-3-5-7-20)22(24)19-14-10-17(2)11-15-19/h3-15,21-24H,1-2H3/t21?,22-/m0/s1. The van der Waals surface area contributed by atoms with E-state index in [4.69, 9.17) is 0 Å². The zero-order chi connectivity index (χ0) is 16.9. The second-order valence-electron chi connectivity index (χ2n) is 6.25. The van der Waals surface area contributed by atoms with Crippen molar-refractivity contribution in [3.05, 3.63) is 101 Å². The fourth-order valence-electron chi connectivity index (χ4n) is 2.79. The van der Waals surface area contributed by atoms with Gasteiger partial charge >= 0.3 is 0 Å². The molecular weight excluding hydrogens is 294 g/mol. The van der Waals surface area contributed by atoms with Crippen LogP contribution in [0.4, 0.5) is 5.69 Å². The van der Waals surface area contributed by atoms with Crippen LogP contribution in [0.15, 0.2) is 78.9 Å². The molecule has 0 saturated carbocycles. The lowest BCUT2D eigenvalue weighted by atomic mass is 9.94. The Labute approximate surface area is 143 Å². The largest absolute Gasteiger partial charge is 0.386 e. The lowest BCUT2D eigenvalue weighted by molar-refractivity contribution is 0.155. The Balaban J connectivity index is 1.94. The van der Waals surface area contributed by atoms with E-state index in [1.54, 1.807) is 0 Å². The summed E-state index contributed by atoms with van der Waals surface area (Å²) in [6.07, 6.45) is -0.631. The third-order valence-electron chi connectivity index (χ3n) is 4.27. The van der Waals surface area contributed by atoms with E-state index in [1.165, 1.54) is 11.1 Å². The molecule has 0 spiro atoms. The highest BCUT2D eigenvalue weighted by atomic mass is 16.3. The molecule has 0 fully saturated rings. The van der Waals surface area contributed by atoms with Crippen molar-refractivity contribution in [1.82, 2.24) is 0 Å². The molecule has 0 aromatic heterocycles. The van der Waals surface area contributed by atoms with Gasteiger partial charge in [-0.15, -0.1) is 0 Å². The summed E-state index contributed by atoms with van der Waals surface area (Å²) in [5.74, 6) is 0. The topological polar surface area (TPSA) is 32.3 Å². The van der Waals surface area contributed by atoms with Gasteiger partial charge in [-0.25, -0.2) is 0 Å². The maximum atomic E-state index is 11.0. The zero-order valence-electron chi connectivity index (χ0n) is 14.1. The van der Waals surface area contributed by atoms with Crippen LogP contribution in [0.2, 0.25) is 0 Å². The highest BCUT2D eigenvalue weighted by Gasteiger charge is 2.22. The van der Waals surface area contributed by atoms with Gasteiger partial charge in [-0.3, -0.25) is 0 Å². The van der Waals surface area contributed by atoms with Gasteiger partial charge in [0, 0.05) is 5.69 Å². The lowest BCUT2D eigenvalue weighted by Gasteiger charge is -2.26. The third kappa shape index (κ3) is 3.84. The fraction of sp³-hybridized carbons (Fsp3) is 0.182. The third-order valence-corrected chi connectivity index (χ3v) is 4.27. The van der Waals surface area contributed by atoms with Crippen molar-refractivity contribution in [1.29, 1.82) is 0 Å². The number of benzene rings is 3. The summed E-state index contributed by atoms with van der Waals surface area (Å²) in [5.41, 5.74) is 5.37. The molecule has 0 radical (unpaired) electrons. The number of aliphatic hydroxyl groups excluding tert-OH is 1. The van der Waals surface area contributed by atoms with Gasteiger partial charge in [0.2, 0.25) is 0 Å². The molecule has 122 valence electrons. The molecule has 2 N–H and O–H groups in total. The highest BCUT2D eigenvalue weighted by Crippen LogP contribution is 2.32. The molecule has 2 nitrogen and oxygen atoms in total. The van der Waals surface area contributed by atoms with E-state index >= 15 is 0 Å². The van der Waals surface area contributed by atoms with E-state index in [0.717, 1.165) is 16.8 Å². The Morgan fingerprint density at radius 3 is 1.71 bits per heavy atom.